The van der Waals surface area contributed by atoms with Crippen molar-refractivity contribution in [1.29, 1.82) is 0 Å². The normalized spacial score (nSPS) is 11.9. The molecule has 2 nitrogen and oxygen atoms in total. The second kappa shape index (κ2) is 5.47. The molecule has 0 spiro atoms. The molecule has 0 aliphatic rings. The third kappa shape index (κ3) is 4.14. The molecule has 0 aliphatic carbocycles. The maximum atomic E-state index is 10.4. The molecule has 0 aromatic rings. The molecule has 0 aromatic carbocycles. The van der Waals surface area contributed by atoms with E-state index in [1.165, 1.54) is 12.2 Å². The topological polar surface area (TPSA) is 37.3 Å². The van der Waals surface area contributed by atoms with Gasteiger partial charge in [-0.1, -0.05) is 31.7 Å². The standard InChI is InChI=1S/C9H12O2/c1-3-5-7-8(6-4-2)9(10)11/h4-7H,2-3H2,1H3,(H,10,11)/b7-5-,8-6+. The number of hydrogen-bond acceptors (Lipinski definition) is 1. The van der Waals surface area contributed by atoms with Crippen LogP contribution in [0, 0.1) is 0 Å². The fourth-order valence-electron chi connectivity index (χ4n) is 0.570. The number of carboxylic acid groups (broad SMARTS) is 1. The second-order valence-electron chi connectivity index (χ2n) is 1.97. The predicted molar refractivity (Wildman–Crippen MR) is 45.3 cm³/mol. The highest BCUT2D eigenvalue weighted by molar-refractivity contribution is 5.90. The van der Waals surface area contributed by atoms with Crippen LogP contribution < -0.4 is 0 Å². The van der Waals surface area contributed by atoms with Crippen molar-refractivity contribution < 1.29 is 9.90 Å². The number of carboxylic acids is 1. The van der Waals surface area contributed by atoms with E-state index in [1.54, 1.807) is 12.2 Å². The summed E-state index contributed by atoms with van der Waals surface area (Å²) in [5, 5.41) is 8.56. The minimum Gasteiger partial charge on any atom is -0.478 e. The molecule has 0 radical (unpaired) electrons. The van der Waals surface area contributed by atoms with Gasteiger partial charge in [0.1, 0.15) is 0 Å². The van der Waals surface area contributed by atoms with Gasteiger partial charge >= 0.3 is 5.97 Å². The lowest BCUT2D eigenvalue weighted by molar-refractivity contribution is -0.132. The highest BCUT2D eigenvalue weighted by Crippen LogP contribution is 1.98. The zero-order valence-electron chi connectivity index (χ0n) is 6.58. The van der Waals surface area contributed by atoms with Crippen LogP contribution in [0.2, 0.25) is 0 Å². The zero-order valence-corrected chi connectivity index (χ0v) is 6.58. The maximum absolute atomic E-state index is 10.4. The van der Waals surface area contributed by atoms with Gasteiger partial charge in [-0.3, -0.25) is 0 Å². The summed E-state index contributed by atoms with van der Waals surface area (Å²) < 4.78 is 0. The van der Waals surface area contributed by atoms with Crippen LogP contribution in [0.5, 0.6) is 0 Å². The number of carbonyl (C=O) groups is 1. The number of rotatable bonds is 4. The van der Waals surface area contributed by atoms with Gasteiger partial charge in [0, 0.05) is 0 Å². The minimum absolute atomic E-state index is 0.266. The average Bonchev–Trinajstić information content (AvgIpc) is 1.97. The van der Waals surface area contributed by atoms with E-state index in [0.717, 1.165) is 6.42 Å². The van der Waals surface area contributed by atoms with E-state index < -0.39 is 5.97 Å². The van der Waals surface area contributed by atoms with Crippen LogP contribution in [0.3, 0.4) is 0 Å². The second-order valence-corrected chi connectivity index (χ2v) is 1.97. The van der Waals surface area contributed by atoms with Crippen LogP contribution in [0.4, 0.5) is 0 Å². The van der Waals surface area contributed by atoms with E-state index in [0.29, 0.717) is 0 Å². The number of hydrogen-bond donors (Lipinski definition) is 1. The molecule has 2 heteroatoms. The first-order valence-corrected chi connectivity index (χ1v) is 3.45. The summed E-state index contributed by atoms with van der Waals surface area (Å²) in [6.07, 6.45) is 7.13. The fourth-order valence-corrected chi connectivity index (χ4v) is 0.570. The Labute approximate surface area is 66.5 Å². The van der Waals surface area contributed by atoms with Gasteiger partial charge in [0.25, 0.3) is 0 Å². The molecule has 1 N–H and O–H groups in total. The molecule has 0 aliphatic heterocycles. The van der Waals surface area contributed by atoms with E-state index >= 15 is 0 Å². The summed E-state index contributed by atoms with van der Waals surface area (Å²) in [5.74, 6) is -0.922. The van der Waals surface area contributed by atoms with Gasteiger partial charge in [-0.2, -0.15) is 0 Å². The van der Waals surface area contributed by atoms with Crippen LogP contribution in [0.1, 0.15) is 13.3 Å². The van der Waals surface area contributed by atoms with Crippen molar-refractivity contribution in [3.63, 3.8) is 0 Å². The lowest BCUT2D eigenvalue weighted by atomic mass is 10.2. The highest BCUT2D eigenvalue weighted by atomic mass is 16.4. The summed E-state index contributed by atoms with van der Waals surface area (Å²) in [6.45, 7) is 5.37. The third-order valence-electron chi connectivity index (χ3n) is 1.08. The van der Waals surface area contributed by atoms with Crippen molar-refractivity contribution in [3.05, 3.63) is 36.5 Å². The third-order valence-corrected chi connectivity index (χ3v) is 1.08. The number of aliphatic carboxylic acids is 1. The van der Waals surface area contributed by atoms with Crippen LogP contribution in [-0.4, -0.2) is 11.1 Å². The van der Waals surface area contributed by atoms with Crippen molar-refractivity contribution >= 4 is 5.97 Å². The smallest absolute Gasteiger partial charge is 0.335 e. The van der Waals surface area contributed by atoms with Crippen LogP contribution >= 0.6 is 0 Å². The molecule has 11 heavy (non-hydrogen) atoms. The van der Waals surface area contributed by atoms with Gasteiger partial charge in [-0.25, -0.2) is 4.79 Å². The molecule has 0 heterocycles. The molecule has 0 unspecified atom stereocenters. The van der Waals surface area contributed by atoms with E-state index in [-0.39, 0.29) is 5.57 Å². The van der Waals surface area contributed by atoms with Crippen molar-refractivity contribution in [1.82, 2.24) is 0 Å². The summed E-state index contributed by atoms with van der Waals surface area (Å²) in [6, 6.07) is 0. The molecule has 0 aromatic heterocycles. The Morgan fingerprint density at radius 1 is 1.64 bits per heavy atom. The molecule has 0 amide bonds. The van der Waals surface area contributed by atoms with Crippen molar-refractivity contribution in [2.45, 2.75) is 13.3 Å². The highest BCUT2D eigenvalue weighted by Gasteiger charge is 1.98. The lowest BCUT2D eigenvalue weighted by Gasteiger charge is -1.90. The summed E-state index contributed by atoms with van der Waals surface area (Å²) >= 11 is 0. The quantitative estimate of drug-likeness (QED) is 0.495. The molecular weight excluding hydrogens is 140 g/mol. The Hall–Kier alpha value is -1.31. The van der Waals surface area contributed by atoms with Gasteiger partial charge in [-0.05, 0) is 12.5 Å². The van der Waals surface area contributed by atoms with Crippen LogP contribution in [0.25, 0.3) is 0 Å². The van der Waals surface area contributed by atoms with Gasteiger partial charge in [0.15, 0.2) is 0 Å². The van der Waals surface area contributed by atoms with Gasteiger partial charge in [0.05, 0.1) is 5.57 Å². The zero-order chi connectivity index (χ0) is 8.69. The molecule has 0 rings (SSSR count). The van der Waals surface area contributed by atoms with Crippen LogP contribution in [-0.2, 0) is 4.79 Å². The Kier molecular flexibility index (Phi) is 4.82. The monoisotopic (exact) mass is 152 g/mol. The average molecular weight is 152 g/mol. The van der Waals surface area contributed by atoms with E-state index in [9.17, 15) is 4.79 Å². The number of allylic oxidation sites excluding steroid dienone is 3. The van der Waals surface area contributed by atoms with E-state index in [2.05, 4.69) is 6.58 Å². The SMILES string of the molecule is C=C/C=C(\C=C/CC)C(=O)O. The van der Waals surface area contributed by atoms with Crippen molar-refractivity contribution in [2.75, 3.05) is 0 Å². The summed E-state index contributed by atoms with van der Waals surface area (Å²) in [7, 11) is 0. The minimum atomic E-state index is -0.922. The summed E-state index contributed by atoms with van der Waals surface area (Å²) in [4.78, 5) is 10.4. The Balaban J connectivity index is 4.35. The first-order valence-electron chi connectivity index (χ1n) is 3.45. The first-order chi connectivity index (χ1) is 5.22. The molecule has 0 bridgehead atoms. The van der Waals surface area contributed by atoms with E-state index in [1.807, 2.05) is 6.92 Å². The van der Waals surface area contributed by atoms with Gasteiger partial charge in [0.2, 0.25) is 0 Å². The summed E-state index contributed by atoms with van der Waals surface area (Å²) in [5.41, 5.74) is 0.266. The Bertz CT molecular complexity index is 200. The van der Waals surface area contributed by atoms with Crippen LogP contribution in [0.15, 0.2) is 36.5 Å². The molecule has 0 fully saturated rings. The van der Waals surface area contributed by atoms with Gasteiger partial charge in [-0.15, -0.1) is 0 Å². The molecule has 60 valence electrons. The Morgan fingerprint density at radius 3 is 2.64 bits per heavy atom. The molecular formula is C9H12O2. The van der Waals surface area contributed by atoms with E-state index in [4.69, 9.17) is 5.11 Å². The van der Waals surface area contributed by atoms with Gasteiger partial charge < -0.3 is 5.11 Å². The first kappa shape index (κ1) is 9.69. The lowest BCUT2D eigenvalue weighted by Crippen LogP contribution is -1.96. The van der Waals surface area contributed by atoms with Crippen molar-refractivity contribution in [2.24, 2.45) is 0 Å². The molecule has 0 saturated carbocycles. The maximum Gasteiger partial charge on any atom is 0.335 e. The predicted octanol–water partition coefficient (Wildman–Crippen LogP) is 2.15. The fraction of sp³-hybridized carbons (Fsp3) is 0.222. The largest absolute Gasteiger partial charge is 0.478 e. The Morgan fingerprint density at radius 2 is 2.27 bits per heavy atom. The van der Waals surface area contributed by atoms with Crippen molar-refractivity contribution in [3.8, 4) is 0 Å². The molecule has 0 atom stereocenters. The molecule has 0 saturated heterocycles.